The third-order valence-corrected chi connectivity index (χ3v) is 3.82. The van der Waals surface area contributed by atoms with Crippen LogP contribution in [0.4, 0.5) is 0 Å². The Labute approximate surface area is 108 Å². The topological polar surface area (TPSA) is 15.3 Å². The molecule has 2 unspecified atom stereocenters. The van der Waals surface area contributed by atoms with E-state index >= 15 is 0 Å². The number of likely N-dealkylation sites (tertiary alicyclic amines) is 1. The van der Waals surface area contributed by atoms with Crippen LogP contribution >= 0.6 is 0 Å². The molecule has 2 nitrogen and oxygen atoms in total. The first-order chi connectivity index (χ1) is 8.09. The fourth-order valence-electron chi connectivity index (χ4n) is 2.91. The zero-order valence-electron chi connectivity index (χ0n) is 12.3. The number of piperidine rings is 1. The highest BCUT2D eigenvalue weighted by Gasteiger charge is 2.16. The maximum Gasteiger partial charge on any atom is 0.0192 e. The second kappa shape index (κ2) is 8.10. The molecule has 0 amide bonds. The second-order valence-electron chi connectivity index (χ2n) is 6.34. The Bertz CT molecular complexity index is 185. The van der Waals surface area contributed by atoms with Gasteiger partial charge in [0, 0.05) is 12.6 Å². The number of hydrogen-bond acceptors (Lipinski definition) is 2. The Morgan fingerprint density at radius 3 is 2.18 bits per heavy atom. The molecule has 0 saturated carbocycles. The molecule has 2 atom stereocenters. The van der Waals surface area contributed by atoms with Gasteiger partial charge in [-0.15, -0.1) is 0 Å². The predicted octanol–water partition coefficient (Wildman–Crippen LogP) is 3.13. The predicted molar refractivity (Wildman–Crippen MR) is 76.4 cm³/mol. The molecular formula is C15H32N2. The van der Waals surface area contributed by atoms with Crippen LogP contribution in [0.25, 0.3) is 0 Å². The van der Waals surface area contributed by atoms with Gasteiger partial charge in [0.2, 0.25) is 0 Å². The lowest BCUT2D eigenvalue weighted by molar-refractivity contribution is 0.169. The molecule has 1 aliphatic heterocycles. The molecule has 1 fully saturated rings. The van der Waals surface area contributed by atoms with Crippen LogP contribution in [-0.2, 0) is 0 Å². The molecule has 1 rings (SSSR count). The zero-order chi connectivity index (χ0) is 12.7. The minimum absolute atomic E-state index is 0.710. The molecule has 0 aliphatic carbocycles. The smallest absolute Gasteiger partial charge is 0.0192 e. The Kier molecular flexibility index (Phi) is 7.14. The first-order valence-corrected chi connectivity index (χ1v) is 7.54. The number of nitrogens with zero attached hydrogens (tertiary/aromatic N) is 1. The average molecular weight is 240 g/mol. The van der Waals surface area contributed by atoms with Crippen molar-refractivity contribution in [1.82, 2.24) is 10.2 Å². The Morgan fingerprint density at radius 2 is 1.59 bits per heavy atom. The van der Waals surface area contributed by atoms with Crippen LogP contribution in [-0.4, -0.2) is 37.1 Å². The molecule has 0 bridgehead atoms. The minimum Gasteiger partial charge on any atom is -0.315 e. The SMILES string of the molecule is CC(C)CC(C)CNCC(C)N1CCCCC1. The number of nitrogens with one attached hydrogen (secondary N) is 1. The van der Waals surface area contributed by atoms with Crippen LogP contribution in [0.2, 0.25) is 0 Å². The van der Waals surface area contributed by atoms with Crippen molar-refractivity contribution < 1.29 is 0 Å². The van der Waals surface area contributed by atoms with Gasteiger partial charge in [-0.1, -0.05) is 27.2 Å². The second-order valence-corrected chi connectivity index (χ2v) is 6.34. The van der Waals surface area contributed by atoms with E-state index in [2.05, 4.69) is 37.9 Å². The van der Waals surface area contributed by atoms with E-state index in [4.69, 9.17) is 0 Å². The van der Waals surface area contributed by atoms with Crippen LogP contribution in [0.15, 0.2) is 0 Å². The summed E-state index contributed by atoms with van der Waals surface area (Å²) in [4.78, 5) is 2.64. The fraction of sp³-hybridized carbons (Fsp3) is 1.00. The first-order valence-electron chi connectivity index (χ1n) is 7.54. The van der Waals surface area contributed by atoms with Crippen molar-refractivity contribution in [3.63, 3.8) is 0 Å². The summed E-state index contributed by atoms with van der Waals surface area (Å²) in [6, 6.07) is 0.710. The van der Waals surface area contributed by atoms with E-state index in [1.807, 2.05) is 0 Å². The molecule has 0 aromatic rings. The van der Waals surface area contributed by atoms with Crippen LogP contribution in [0.3, 0.4) is 0 Å². The van der Waals surface area contributed by atoms with Crippen LogP contribution < -0.4 is 5.32 Å². The third kappa shape index (κ3) is 6.42. The molecule has 1 saturated heterocycles. The van der Waals surface area contributed by atoms with Crippen molar-refractivity contribution >= 4 is 0 Å². The van der Waals surface area contributed by atoms with Gasteiger partial charge in [-0.2, -0.15) is 0 Å². The summed E-state index contributed by atoms with van der Waals surface area (Å²) in [5.74, 6) is 1.63. The normalized spacial score (nSPS) is 21.7. The standard InChI is InChI=1S/C15H32N2/c1-13(2)10-14(3)11-16-12-15(4)17-8-6-5-7-9-17/h13-16H,5-12H2,1-4H3. The van der Waals surface area contributed by atoms with Gasteiger partial charge in [0.15, 0.2) is 0 Å². The monoisotopic (exact) mass is 240 g/mol. The zero-order valence-corrected chi connectivity index (χ0v) is 12.3. The van der Waals surface area contributed by atoms with Crippen molar-refractivity contribution in [2.45, 2.75) is 59.4 Å². The first kappa shape index (κ1) is 15.0. The highest BCUT2D eigenvalue weighted by Crippen LogP contribution is 2.12. The van der Waals surface area contributed by atoms with Crippen LogP contribution in [0.1, 0.15) is 53.4 Å². The van der Waals surface area contributed by atoms with Gasteiger partial charge in [0.25, 0.3) is 0 Å². The molecular weight excluding hydrogens is 208 g/mol. The van der Waals surface area contributed by atoms with Crippen molar-refractivity contribution in [3.05, 3.63) is 0 Å². The number of rotatable bonds is 7. The summed E-state index contributed by atoms with van der Waals surface area (Å²) in [6.45, 7) is 14.3. The average Bonchev–Trinajstić information content (AvgIpc) is 2.29. The quantitative estimate of drug-likeness (QED) is 0.735. The lowest BCUT2D eigenvalue weighted by atomic mass is 9.99. The van der Waals surface area contributed by atoms with E-state index in [-0.39, 0.29) is 0 Å². The molecule has 102 valence electrons. The van der Waals surface area contributed by atoms with Crippen molar-refractivity contribution in [3.8, 4) is 0 Å². The molecule has 0 aromatic carbocycles. The summed E-state index contributed by atoms with van der Waals surface area (Å²) in [6.07, 6.45) is 5.56. The Morgan fingerprint density at radius 1 is 0.941 bits per heavy atom. The van der Waals surface area contributed by atoms with Gasteiger partial charge in [-0.25, -0.2) is 0 Å². The van der Waals surface area contributed by atoms with E-state index in [0.717, 1.165) is 18.4 Å². The Hall–Kier alpha value is -0.0800. The lowest BCUT2D eigenvalue weighted by Gasteiger charge is -2.32. The third-order valence-electron chi connectivity index (χ3n) is 3.82. The largest absolute Gasteiger partial charge is 0.315 e. The van der Waals surface area contributed by atoms with E-state index in [0.29, 0.717) is 6.04 Å². The molecule has 2 heteroatoms. The van der Waals surface area contributed by atoms with E-state index in [9.17, 15) is 0 Å². The summed E-state index contributed by atoms with van der Waals surface area (Å²) in [7, 11) is 0. The summed E-state index contributed by atoms with van der Waals surface area (Å²) in [5.41, 5.74) is 0. The van der Waals surface area contributed by atoms with Gasteiger partial charge in [0.05, 0.1) is 0 Å². The van der Waals surface area contributed by atoms with Gasteiger partial charge < -0.3 is 5.32 Å². The molecule has 17 heavy (non-hydrogen) atoms. The van der Waals surface area contributed by atoms with Crippen LogP contribution in [0.5, 0.6) is 0 Å². The minimum atomic E-state index is 0.710. The lowest BCUT2D eigenvalue weighted by Crippen LogP contribution is -2.43. The van der Waals surface area contributed by atoms with E-state index < -0.39 is 0 Å². The maximum atomic E-state index is 3.65. The van der Waals surface area contributed by atoms with Crippen molar-refractivity contribution in [1.29, 1.82) is 0 Å². The summed E-state index contributed by atoms with van der Waals surface area (Å²) < 4.78 is 0. The molecule has 0 spiro atoms. The van der Waals surface area contributed by atoms with E-state index in [1.54, 1.807) is 0 Å². The maximum absolute atomic E-state index is 3.65. The van der Waals surface area contributed by atoms with Crippen molar-refractivity contribution in [2.24, 2.45) is 11.8 Å². The molecule has 1 aliphatic rings. The number of hydrogen-bond donors (Lipinski definition) is 1. The molecule has 0 aromatic heterocycles. The van der Waals surface area contributed by atoms with Gasteiger partial charge >= 0.3 is 0 Å². The highest BCUT2D eigenvalue weighted by atomic mass is 15.2. The molecule has 0 radical (unpaired) electrons. The van der Waals surface area contributed by atoms with Gasteiger partial charge in [-0.05, 0) is 57.7 Å². The molecule has 1 heterocycles. The Balaban J connectivity index is 2.08. The van der Waals surface area contributed by atoms with Gasteiger partial charge in [0.1, 0.15) is 0 Å². The summed E-state index contributed by atoms with van der Waals surface area (Å²) in [5, 5.41) is 3.65. The van der Waals surface area contributed by atoms with E-state index in [1.165, 1.54) is 45.3 Å². The molecule has 1 N–H and O–H groups in total. The summed E-state index contributed by atoms with van der Waals surface area (Å²) >= 11 is 0. The fourth-order valence-corrected chi connectivity index (χ4v) is 2.91. The van der Waals surface area contributed by atoms with Crippen LogP contribution in [0, 0.1) is 11.8 Å². The van der Waals surface area contributed by atoms with Crippen molar-refractivity contribution in [2.75, 3.05) is 26.2 Å². The van der Waals surface area contributed by atoms with Gasteiger partial charge in [-0.3, -0.25) is 4.90 Å². The highest BCUT2D eigenvalue weighted by molar-refractivity contribution is 4.73.